The Morgan fingerprint density at radius 1 is 1.10 bits per heavy atom. The Hall–Kier alpha value is -4.64. The van der Waals surface area contributed by atoms with Gasteiger partial charge in [-0.2, -0.15) is 0 Å². The maximum Gasteiger partial charge on any atom is 0.255 e. The van der Waals surface area contributed by atoms with Crippen LogP contribution >= 0.6 is 0 Å². The molecule has 0 saturated carbocycles. The van der Waals surface area contributed by atoms with Gasteiger partial charge in [-0.3, -0.25) is 19.2 Å². The van der Waals surface area contributed by atoms with Gasteiger partial charge in [0.25, 0.3) is 5.91 Å². The summed E-state index contributed by atoms with van der Waals surface area (Å²) in [5, 5.41) is 47.2. The van der Waals surface area contributed by atoms with Crippen LogP contribution in [-0.4, -0.2) is 63.5 Å². The zero-order valence-corrected chi connectivity index (χ0v) is 22.1. The third-order valence-electron chi connectivity index (χ3n) is 8.01. The van der Waals surface area contributed by atoms with E-state index in [4.69, 9.17) is 5.73 Å². The van der Waals surface area contributed by atoms with Gasteiger partial charge in [-0.25, -0.2) is 0 Å². The first-order chi connectivity index (χ1) is 18.8. The molecule has 0 radical (unpaired) electrons. The molecule has 0 heterocycles. The third kappa shape index (κ3) is 3.84. The molecule has 3 aliphatic carbocycles. The van der Waals surface area contributed by atoms with E-state index < -0.39 is 52.0 Å². The Labute approximate surface area is 229 Å². The highest BCUT2D eigenvalue weighted by molar-refractivity contribution is 6.24. The van der Waals surface area contributed by atoms with Gasteiger partial charge in [0.15, 0.2) is 11.4 Å². The number of aliphatic hydroxyl groups is 3. The van der Waals surface area contributed by atoms with Crippen LogP contribution in [0.15, 0.2) is 53.0 Å². The van der Waals surface area contributed by atoms with Crippen molar-refractivity contribution in [3.63, 3.8) is 0 Å². The van der Waals surface area contributed by atoms with Crippen LogP contribution in [0.1, 0.15) is 35.7 Å². The van der Waals surface area contributed by atoms with E-state index in [-0.39, 0.29) is 42.1 Å². The molecule has 2 amide bonds. The summed E-state index contributed by atoms with van der Waals surface area (Å²) in [4.78, 5) is 52.4. The van der Waals surface area contributed by atoms with Gasteiger partial charge in [0.2, 0.25) is 11.7 Å². The number of allylic oxidation sites excluding steroid dienone is 2. The lowest BCUT2D eigenvalue weighted by atomic mass is 9.60. The van der Waals surface area contributed by atoms with E-state index in [0.717, 1.165) is 0 Å². The normalized spacial score (nSPS) is 23.8. The van der Waals surface area contributed by atoms with E-state index in [2.05, 4.69) is 5.32 Å². The Balaban J connectivity index is 1.70. The lowest BCUT2D eigenvalue weighted by molar-refractivity contribution is -0.144. The zero-order chi connectivity index (χ0) is 29.3. The highest BCUT2D eigenvalue weighted by Crippen LogP contribution is 2.53. The number of fused-ring (bicyclic) bond motifs is 3. The van der Waals surface area contributed by atoms with Gasteiger partial charge in [0.05, 0.1) is 5.56 Å². The minimum absolute atomic E-state index is 0.0526. The number of rotatable bonds is 4. The van der Waals surface area contributed by atoms with Gasteiger partial charge in [0, 0.05) is 55.9 Å². The Bertz CT molecular complexity index is 1590. The van der Waals surface area contributed by atoms with Crippen molar-refractivity contribution in [2.45, 2.75) is 31.8 Å². The van der Waals surface area contributed by atoms with Crippen molar-refractivity contribution < 1.29 is 39.6 Å². The number of nitrogens with zero attached hydrogens (tertiary/aromatic N) is 1. The van der Waals surface area contributed by atoms with Crippen LogP contribution in [0.2, 0.25) is 0 Å². The summed E-state index contributed by atoms with van der Waals surface area (Å²) in [5.41, 5.74) is 3.97. The topological polar surface area (TPSA) is 190 Å². The highest BCUT2D eigenvalue weighted by Gasteiger charge is 2.59. The van der Waals surface area contributed by atoms with E-state index in [1.807, 2.05) is 0 Å². The predicted octanol–water partition coefficient (Wildman–Crippen LogP) is 2.27. The molecule has 0 spiro atoms. The van der Waals surface area contributed by atoms with Crippen molar-refractivity contribution in [2.75, 3.05) is 24.3 Å². The molecule has 2 aromatic rings. The van der Waals surface area contributed by atoms with Gasteiger partial charge in [-0.1, -0.05) is 12.1 Å². The summed E-state index contributed by atoms with van der Waals surface area (Å²) in [6.07, 6.45) is -0.0382. The van der Waals surface area contributed by atoms with Crippen molar-refractivity contribution in [3.8, 4) is 16.9 Å². The fraction of sp³-hybridized carbons (Fsp3) is 0.310. The number of carbonyl (C=O) groups excluding carboxylic acids is 4. The van der Waals surface area contributed by atoms with E-state index in [1.165, 1.54) is 6.92 Å². The molecule has 7 N–H and O–H groups in total. The number of phenols is 1. The first-order valence-electron chi connectivity index (χ1n) is 12.7. The van der Waals surface area contributed by atoms with Crippen LogP contribution in [0.3, 0.4) is 0 Å². The van der Waals surface area contributed by atoms with Crippen LogP contribution in [0, 0.1) is 11.8 Å². The smallest absolute Gasteiger partial charge is 0.255 e. The number of phenolic OH excluding ortho intramolecular Hbond substituents is 1. The number of nitrogens with two attached hydrogens (primary N) is 1. The second-order valence-corrected chi connectivity index (χ2v) is 10.7. The second kappa shape index (κ2) is 9.23. The molecule has 5 rings (SSSR count). The number of carbonyl (C=O) groups is 4. The quantitative estimate of drug-likeness (QED) is 0.312. The molecular weight excluding hydrogens is 518 g/mol. The fourth-order valence-corrected chi connectivity index (χ4v) is 6.25. The number of hydrogen-bond acceptors (Lipinski definition) is 9. The third-order valence-corrected chi connectivity index (χ3v) is 8.01. The van der Waals surface area contributed by atoms with E-state index in [1.54, 1.807) is 49.3 Å². The van der Waals surface area contributed by atoms with Crippen LogP contribution in [0.4, 0.5) is 11.4 Å². The number of anilines is 2. The number of aliphatic hydroxyl groups excluding tert-OH is 2. The summed E-state index contributed by atoms with van der Waals surface area (Å²) in [6, 6.07) is 8.45. The SMILES string of the molecule is CC(=O)Nc1cccc(-c2cc(N(C)C)c3c(c2O)C(=O)C2=C(O)[C@]4(O)C(=O)C(C(N)=O)=C(O)C[C@@H]4C[C@@H]2C3)c1. The van der Waals surface area contributed by atoms with Crippen molar-refractivity contribution in [1.82, 2.24) is 0 Å². The van der Waals surface area contributed by atoms with Crippen molar-refractivity contribution in [2.24, 2.45) is 17.6 Å². The molecule has 0 aliphatic heterocycles. The first-order valence-corrected chi connectivity index (χ1v) is 12.7. The summed E-state index contributed by atoms with van der Waals surface area (Å²) in [7, 11) is 3.57. The van der Waals surface area contributed by atoms with Gasteiger partial charge in [0.1, 0.15) is 22.8 Å². The number of primary amides is 1. The van der Waals surface area contributed by atoms with Crippen molar-refractivity contribution >= 4 is 34.8 Å². The van der Waals surface area contributed by atoms with Crippen molar-refractivity contribution in [3.05, 3.63) is 64.1 Å². The molecule has 0 unspecified atom stereocenters. The largest absolute Gasteiger partial charge is 0.511 e. The molecular formula is C29H29N3O8. The molecule has 2 aromatic carbocycles. The Morgan fingerprint density at radius 2 is 1.80 bits per heavy atom. The first kappa shape index (κ1) is 26.9. The number of ketones is 2. The number of hydrogen-bond donors (Lipinski definition) is 6. The molecule has 0 saturated heterocycles. The summed E-state index contributed by atoms with van der Waals surface area (Å²) >= 11 is 0. The van der Waals surface area contributed by atoms with Gasteiger partial charge < -0.3 is 36.4 Å². The fourth-order valence-electron chi connectivity index (χ4n) is 6.25. The Morgan fingerprint density at radius 3 is 2.42 bits per heavy atom. The minimum Gasteiger partial charge on any atom is -0.511 e. The number of amides is 2. The summed E-state index contributed by atoms with van der Waals surface area (Å²) < 4.78 is 0. The number of aromatic hydroxyl groups is 1. The van der Waals surface area contributed by atoms with Crippen LogP contribution in [0.25, 0.3) is 11.1 Å². The number of nitrogens with one attached hydrogen (secondary N) is 1. The minimum atomic E-state index is -2.63. The van der Waals surface area contributed by atoms with E-state index in [9.17, 15) is 39.6 Å². The summed E-state index contributed by atoms with van der Waals surface area (Å²) in [5.74, 6) is -7.02. The molecule has 0 bridgehead atoms. The molecule has 208 valence electrons. The molecule has 3 atom stereocenters. The van der Waals surface area contributed by atoms with Crippen molar-refractivity contribution in [1.29, 1.82) is 0 Å². The number of benzene rings is 2. The molecule has 0 aromatic heterocycles. The average molecular weight is 548 g/mol. The average Bonchev–Trinajstić information content (AvgIpc) is 2.85. The maximum absolute atomic E-state index is 14.0. The highest BCUT2D eigenvalue weighted by atomic mass is 16.3. The van der Waals surface area contributed by atoms with Gasteiger partial charge >= 0.3 is 0 Å². The monoisotopic (exact) mass is 547 g/mol. The second-order valence-electron chi connectivity index (χ2n) is 10.7. The maximum atomic E-state index is 14.0. The standard InChI is InChI=1S/C29H29N3O8/c1-12(33)31-16-6-4-5-13(8-16)17-11-19(32(2)3)18-9-14-7-15-10-20(34)23(28(30)39)27(38)29(15,40)26(37)21(14)25(36)22(18)24(17)35/h4-6,8,11,14-15,34-35,37,40H,7,9-10H2,1-3H3,(H2,30,39)(H,31,33)/t14-,15+,29+/m1/s1. The van der Waals surface area contributed by atoms with Gasteiger partial charge in [-0.05, 0) is 48.1 Å². The zero-order valence-electron chi connectivity index (χ0n) is 22.1. The molecule has 0 fully saturated rings. The van der Waals surface area contributed by atoms with E-state index >= 15 is 0 Å². The molecule has 11 nitrogen and oxygen atoms in total. The lowest BCUT2D eigenvalue weighted by Crippen LogP contribution is -2.57. The molecule has 11 heteroatoms. The Kier molecular flexibility index (Phi) is 6.22. The number of Topliss-reactive ketones (excluding diaryl/α,β-unsaturated/α-hetero) is 2. The predicted molar refractivity (Wildman–Crippen MR) is 145 cm³/mol. The van der Waals surface area contributed by atoms with Crippen LogP contribution in [0.5, 0.6) is 5.75 Å². The molecule has 3 aliphatic rings. The van der Waals surface area contributed by atoms with Crippen LogP contribution < -0.4 is 16.0 Å². The van der Waals surface area contributed by atoms with E-state index in [0.29, 0.717) is 28.1 Å². The van der Waals surface area contributed by atoms with Crippen LogP contribution in [-0.2, 0) is 20.8 Å². The van der Waals surface area contributed by atoms with Gasteiger partial charge in [-0.15, -0.1) is 0 Å². The lowest BCUT2D eigenvalue weighted by Gasteiger charge is -2.46. The summed E-state index contributed by atoms with van der Waals surface area (Å²) in [6.45, 7) is 1.37. The molecule has 40 heavy (non-hydrogen) atoms.